The van der Waals surface area contributed by atoms with Crippen LogP contribution in [0.1, 0.15) is 73.9 Å². The van der Waals surface area contributed by atoms with E-state index >= 15 is 0 Å². The van der Waals surface area contributed by atoms with Crippen LogP contribution in [0.3, 0.4) is 0 Å². The number of aryl methyl sites for hydroxylation is 1. The molecule has 2 aromatic rings. The molecule has 0 atom stereocenters. The van der Waals surface area contributed by atoms with Gasteiger partial charge < -0.3 is 0 Å². The maximum Gasteiger partial charge on any atom is 0.416 e. The molecule has 1 fully saturated rings. The predicted octanol–water partition coefficient (Wildman–Crippen LogP) is 5.05. The summed E-state index contributed by atoms with van der Waals surface area (Å²) in [5, 5.41) is 4.55. The zero-order chi connectivity index (χ0) is 24.2. The summed E-state index contributed by atoms with van der Waals surface area (Å²) in [6.45, 7) is 2.11. The molecule has 3 rings (SSSR count). The van der Waals surface area contributed by atoms with Crippen molar-refractivity contribution >= 4 is 27.5 Å². The Morgan fingerprint density at radius 1 is 1.24 bits per heavy atom. The van der Waals surface area contributed by atoms with E-state index in [1.165, 1.54) is 6.07 Å². The number of carbonyl (C=O) groups is 1. The topological polar surface area (TPSA) is 81.1 Å². The number of hydrogen-bond donors (Lipinski definition) is 1. The lowest BCUT2D eigenvalue weighted by Gasteiger charge is -2.12. The summed E-state index contributed by atoms with van der Waals surface area (Å²) < 4.78 is 66.5. The number of sulfonamides is 1. The quantitative estimate of drug-likeness (QED) is 0.433. The lowest BCUT2D eigenvalue weighted by molar-refractivity contribution is -0.137. The van der Waals surface area contributed by atoms with Crippen LogP contribution < -0.4 is 4.72 Å². The van der Waals surface area contributed by atoms with Crippen LogP contribution in [-0.4, -0.2) is 29.9 Å². The minimum absolute atomic E-state index is 0.0184. The highest BCUT2D eigenvalue weighted by Gasteiger charge is 2.31. The minimum atomic E-state index is -4.48. The molecule has 1 N–H and O–H groups in total. The van der Waals surface area contributed by atoms with Crippen molar-refractivity contribution in [1.82, 2.24) is 14.5 Å². The number of rotatable bonds is 11. The maximum atomic E-state index is 12.9. The number of alkyl halides is 3. The number of carbonyl (C=O) groups excluding carboxylic acids is 1. The first-order valence-electron chi connectivity index (χ1n) is 10.9. The first-order chi connectivity index (χ1) is 15.5. The molecular weight excluding hydrogens is 479 g/mol. The molecule has 1 amide bonds. The van der Waals surface area contributed by atoms with E-state index in [1.54, 1.807) is 4.68 Å². The van der Waals surface area contributed by atoms with Gasteiger partial charge in [0.15, 0.2) is 0 Å². The molecule has 0 saturated heterocycles. The highest BCUT2D eigenvalue weighted by molar-refractivity contribution is 7.90. The van der Waals surface area contributed by atoms with E-state index in [1.807, 2.05) is 13.0 Å². The maximum absolute atomic E-state index is 12.9. The van der Waals surface area contributed by atoms with Crippen LogP contribution >= 0.6 is 11.6 Å². The van der Waals surface area contributed by atoms with Gasteiger partial charge in [0.2, 0.25) is 15.9 Å². The van der Waals surface area contributed by atoms with Gasteiger partial charge in [-0.15, -0.1) is 0 Å². The molecule has 6 nitrogen and oxygen atoms in total. The zero-order valence-corrected chi connectivity index (χ0v) is 19.9. The first kappa shape index (κ1) is 25.6. The average molecular weight is 506 g/mol. The van der Waals surface area contributed by atoms with E-state index in [0.29, 0.717) is 23.6 Å². The van der Waals surface area contributed by atoms with Gasteiger partial charge in [-0.3, -0.25) is 14.2 Å². The monoisotopic (exact) mass is 505 g/mol. The van der Waals surface area contributed by atoms with Crippen LogP contribution in [0, 0.1) is 0 Å². The molecule has 1 aliphatic rings. The molecule has 0 radical (unpaired) electrons. The second-order valence-electron chi connectivity index (χ2n) is 8.35. The SMILES string of the molecule is CCCCCS(=O)(=O)NC(=O)CCc1cc(C2CC2)nn1Cc1ccc(C(F)(F)F)cc1Cl. The van der Waals surface area contributed by atoms with Crippen LogP contribution in [0.15, 0.2) is 24.3 Å². The van der Waals surface area contributed by atoms with Crippen molar-refractivity contribution in [3.8, 4) is 0 Å². The van der Waals surface area contributed by atoms with E-state index in [9.17, 15) is 26.4 Å². The molecule has 1 aliphatic carbocycles. The Bertz CT molecular complexity index is 1100. The second-order valence-corrected chi connectivity index (χ2v) is 10.6. The highest BCUT2D eigenvalue weighted by atomic mass is 35.5. The number of nitrogens with one attached hydrogen (secondary N) is 1. The third-order valence-electron chi connectivity index (χ3n) is 5.47. The summed E-state index contributed by atoms with van der Waals surface area (Å²) in [6, 6.07) is 5.06. The predicted molar refractivity (Wildman–Crippen MR) is 120 cm³/mol. The largest absolute Gasteiger partial charge is 0.416 e. The number of unbranched alkanes of at least 4 members (excludes halogenated alkanes) is 2. The molecule has 0 spiro atoms. The molecule has 1 aromatic carbocycles. The van der Waals surface area contributed by atoms with Gasteiger partial charge in [-0.1, -0.05) is 37.4 Å². The van der Waals surface area contributed by atoms with Gasteiger partial charge in [-0.05, 0) is 49.4 Å². The number of nitrogens with zero attached hydrogens (tertiary/aromatic N) is 2. The summed E-state index contributed by atoms with van der Waals surface area (Å²) in [4.78, 5) is 12.2. The Kier molecular flexibility index (Phi) is 8.10. The molecule has 0 bridgehead atoms. The van der Waals surface area contributed by atoms with Crippen LogP contribution in [0.5, 0.6) is 0 Å². The van der Waals surface area contributed by atoms with Crippen molar-refractivity contribution in [3.63, 3.8) is 0 Å². The van der Waals surface area contributed by atoms with Crippen LogP contribution in [0.4, 0.5) is 13.2 Å². The van der Waals surface area contributed by atoms with Crippen LogP contribution in [0.2, 0.25) is 5.02 Å². The summed E-state index contributed by atoms with van der Waals surface area (Å²) in [6.07, 6.45) is -0.142. The molecular formula is C22H27ClF3N3O3S. The standard InChI is InChI=1S/C22H27ClF3N3O3S/c1-2-3-4-11-33(31,32)28-21(30)10-9-18-13-20(15-5-6-15)27-29(18)14-16-7-8-17(12-19(16)23)22(24,25)26/h7-8,12-13,15H,2-6,9-11,14H2,1H3,(H,28,30). The van der Waals surface area contributed by atoms with Gasteiger partial charge >= 0.3 is 6.18 Å². The van der Waals surface area contributed by atoms with Crippen molar-refractivity contribution in [2.24, 2.45) is 0 Å². The van der Waals surface area contributed by atoms with E-state index in [4.69, 9.17) is 11.6 Å². The van der Waals surface area contributed by atoms with Crippen LogP contribution in [-0.2, 0) is 34.0 Å². The smallest absolute Gasteiger partial charge is 0.274 e. The van der Waals surface area contributed by atoms with Gasteiger partial charge in [-0.25, -0.2) is 8.42 Å². The number of hydrogen-bond acceptors (Lipinski definition) is 4. The van der Waals surface area contributed by atoms with Crippen molar-refractivity contribution < 1.29 is 26.4 Å². The summed E-state index contributed by atoms with van der Waals surface area (Å²) in [5.41, 5.74) is 1.21. The normalized spacial score (nSPS) is 14.5. The lowest BCUT2D eigenvalue weighted by atomic mass is 10.1. The third kappa shape index (κ3) is 7.46. The fraction of sp³-hybridized carbons (Fsp3) is 0.545. The number of halogens is 4. The Hall–Kier alpha value is -2.07. The van der Waals surface area contributed by atoms with Gasteiger partial charge in [-0.2, -0.15) is 18.3 Å². The highest BCUT2D eigenvalue weighted by Crippen LogP contribution is 2.40. The molecule has 1 aromatic heterocycles. The van der Waals surface area contributed by atoms with Gasteiger partial charge in [0.1, 0.15) is 0 Å². The van der Waals surface area contributed by atoms with E-state index < -0.39 is 27.7 Å². The van der Waals surface area contributed by atoms with Gasteiger partial charge in [0.25, 0.3) is 0 Å². The molecule has 1 saturated carbocycles. The number of amides is 1. The number of aromatic nitrogens is 2. The third-order valence-corrected chi connectivity index (χ3v) is 7.19. The summed E-state index contributed by atoms with van der Waals surface area (Å²) >= 11 is 6.10. The molecule has 182 valence electrons. The van der Waals surface area contributed by atoms with E-state index in [0.717, 1.165) is 43.5 Å². The number of benzene rings is 1. The first-order valence-corrected chi connectivity index (χ1v) is 13.0. The van der Waals surface area contributed by atoms with Crippen molar-refractivity contribution in [2.45, 2.75) is 70.5 Å². The Morgan fingerprint density at radius 3 is 2.58 bits per heavy atom. The Balaban J connectivity index is 1.69. The fourth-order valence-corrected chi connectivity index (χ4v) is 4.84. The van der Waals surface area contributed by atoms with Gasteiger partial charge in [0.05, 0.1) is 23.6 Å². The van der Waals surface area contributed by atoms with Crippen molar-refractivity contribution in [2.75, 3.05) is 5.75 Å². The lowest BCUT2D eigenvalue weighted by Crippen LogP contribution is -2.32. The van der Waals surface area contributed by atoms with Crippen molar-refractivity contribution in [1.29, 1.82) is 0 Å². The Labute approximate surface area is 196 Å². The van der Waals surface area contributed by atoms with Crippen LogP contribution in [0.25, 0.3) is 0 Å². The summed E-state index contributed by atoms with van der Waals surface area (Å²) in [7, 11) is -3.67. The van der Waals surface area contributed by atoms with Crippen molar-refractivity contribution in [3.05, 3.63) is 51.8 Å². The molecule has 0 unspecified atom stereocenters. The second kappa shape index (κ2) is 10.5. The zero-order valence-electron chi connectivity index (χ0n) is 18.3. The molecule has 33 heavy (non-hydrogen) atoms. The average Bonchev–Trinajstić information content (AvgIpc) is 3.48. The Morgan fingerprint density at radius 2 is 1.97 bits per heavy atom. The molecule has 1 heterocycles. The molecule has 11 heteroatoms. The van der Waals surface area contributed by atoms with E-state index in [-0.39, 0.29) is 30.2 Å². The summed E-state index contributed by atoms with van der Waals surface area (Å²) in [5.74, 6) is -0.358. The minimum Gasteiger partial charge on any atom is -0.274 e. The fourth-order valence-electron chi connectivity index (χ4n) is 3.47. The van der Waals surface area contributed by atoms with E-state index in [2.05, 4.69) is 9.82 Å². The molecule has 0 aliphatic heterocycles. The van der Waals surface area contributed by atoms with Gasteiger partial charge in [0, 0.05) is 23.1 Å².